The van der Waals surface area contributed by atoms with Crippen molar-refractivity contribution in [1.82, 2.24) is 9.29 Å². The highest BCUT2D eigenvalue weighted by Gasteiger charge is 2.14. The monoisotopic (exact) mass is 397 g/mol. The van der Waals surface area contributed by atoms with Gasteiger partial charge in [-0.15, -0.1) is 0 Å². The highest BCUT2D eigenvalue weighted by Crippen LogP contribution is 2.30. The van der Waals surface area contributed by atoms with E-state index in [1.807, 2.05) is 24.5 Å². The molecule has 0 saturated heterocycles. The summed E-state index contributed by atoms with van der Waals surface area (Å²) < 4.78 is 10.7. The number of nitriles is 1. The maximum atomic E-state index is 11.1. The van der Waals surface area contributed by atoms with Crippen molar-refractivity contribution < 1.29 is 19.7 Å². The molecule has 1 aromatic heterocycles. The molecular formula is C20H19N3O4S. The summed E-state index contributed by atoms with van der Waals surface area (Å²) in [5.41, 5.74) is 1.59. The first kappa shape index (κ1) is 19.6. The van der Waals surface area contributed by atoms with E-state index in [1.165, 1.54) is 12.1 Å². The summed E-state index contributed by atoms with van der Waals surface area (Å²) in [6, 6.07) is 11.9. The molecule has 0 unspecified atom stereocenters. The van der Waals surface area contributed by atoms with Gasteiger partial charge in [-0.1, -0.05) is 11.9 Å². The molecule has 1 heterocycles. The number of fused-ring (bicyclic) bond motifs is 1. The Bertz CT molecular complexity index is 1060. The Morgan fingerprint density at radius 2 is 2.14 bits per heavy atom. The van der Waals surface area contributed by atoms with Crippen molar-refractivity contribution >= 4 is 28.8 Å². The topological polar surface area (TPSA) is 108 Å². The van der Waals surface area contributed by atoms with Crippen LogP contribution in [0.15, 0.2) is 42.6 Å². The van der Waals surface area contributed by atoms with Crippen LogP contribution in [0.2, 0.25) is 0 Å². The van der Waals surface area contributed by atoms with Crippen LogP contribution in [0.5, 0.6) is 11.5 Å². The van der Waals surface area contributed by atoms with Crippen molar-refractivity contribution in [2.45, 2.75) is 6.42 Å². The third-order valence-electron chi connectivity index (χ3n) is 4.22. The number of hydrogen-bond acceptors (Lipinski definition) is 6. The first-order valence-electron chi connectivity index (χ1n) is 8.55. The van der Waals surface area contributed by atoms with Crippen LogP contribution in [0, 0.1) is 11.3 Å². The number of carboxylic acids is 1. The van der Waals surface area contributed by atoms with E-state index in [0.717, 1.165) is 23.9 Å². The van der Waals surface area contributed by atoms with E-state index < -0.39 is 5.97 Å². The Morgan fingerprint density at radius 3 is 2.82 bits per heavy atom. The molecule has 0 amide bonds. The van der Waals surface area contributed by atoms with Gasteiger partial charge in [0.1, 0.15) is 23.1 Å². The smallest absolute Gasteiger partial charge is 0.339 e. The fourth-order valence-corrected chi connectivity index (χ4v) is 3.23. The summed E-state index contributed by atoms with van der Waals surface area (Å²) in [6.45, 7) is 1.40. The van der Waals surface area contributed by atoms with Gasteiger partial charge in [0.2, 0.25) is 0 Å². The molecule has 3 rings (SSSR count). The predicted octanol–water partition coefficient (Wildman–Crippen LogP) is 3.54. The van der Waals surface area contributed by atoms with Crippen LogP contribution < -0.4 is 9.46 Å². The lowest BCUT2D eigenvalue weighted by atomic mass is 10.1. The summed E-state index contributed by atoms with van der Waals surface area (Å²) in [6.07, 6.45) is 4.48. The van der Waals surface area contributed by atoms with Crippen molar-refractivity contribution in [3.8, 4) is 23.3 Å². The van der Waals surface area contributed by atoms with Crippen molar-refractivity contribution in [3.63, 3.8) is 0 Å². The second-order valence-electron chi connectivity index (χ2n) is 6.01. The van der Waals surface area contributed by atoms with Crippen LogP contribution in [0.1, 0.15) is 22.3 Å². The standard InChI is InChI=1S/C20H19N3O4S/c1-28-22-7-2-8-27-15-4-6-16-13(11-21)12-23(18(16)10-15)14-3-5-17(20(25)26)19(24)9-14/h3-6,9-10,12,22,24H,2,7-8H2,1H3,(H,25,26). The van der Waals surface area contributed by atoms with E-state index in [4.69, 9.17) is 9.84 Å². The Morgan fingerprint density at radius 1 is 1.32 bits per heavy atom. The molecule has 0 spiro atoms. The number of hydrogen-bond donors (Lipinski definition) is 3. The van der Waals surface area contributed by atoms with Crippen molar-refractivity contribution in [2.24, 2.45) is 0 Å². The van der Waals surface area contributed by atoms with Crippen molar-refractivity contribution in [1.29, 1.82) is 5.26 Å². The zero-order valence-electron chi connectivity index (χ0n) is 15.2. The second kappa shape index (κ2) is 8.69. The van der Waals surface area contributed by atoms with E-state index in [2.05, 4.69) is 10.8 Å². The molecule has 3 N–H and O–H groups in total. The average Bonchev–Trinajstić information content (AvgIpc) is 3.05. The number of rotatable bonds is 8. The van der Waals surface area contributed by atoms with Gasteiger partial charge in [0, 0.05) is 35.9 Å². The molecule has 2 aromatic carbocycles. The quantitative estimate of drug-likeness (QED) is 0.394. The van der Waals surface area contributed by atoms with E-state index in [-0.39, 0.29) is 11.3 Å². The Hall–Kier alpha value is -3.15. The number of benzene rings is 2. The van der Waals surface area contributed by atoms with E-state index in [1.54, 1.807) is 28.8 Å². The molecule has 0 aliphatic heterocycles. The minimum Gasteiger partial charge on any atom is -0.507 e. The molecule has 0 radical (unpaired) electrons. The SMILES string of the molecule is CSNCCCOc1ccc2c(C#N)cn(-c3ccc(C(=O)O)c(O)c3)c2c1. The molecule has 8 heteroatoms. The van der Waals surface area contributed by atoms with Gasteiger partial charge in [-0.3, -0.25) is 4.72 Å². The summed E-state index contributed by atoms with van der Waals surface area (Å²) >= 11 is 1.56. The Labute approximate surface area is 166 Å². The Kier molecular flexibility index (Phi) is 6.09. The summed E-state index contributed by atoms with van der Waals surface area (Å²) in [4.78, 5) is 11.1. The molecule has 7 nitrogen and oxygen atoms in total. The first-order valence-corrected chi connectivity index (χ1v) is 9.78. The lowest BCUT2D eigenvalue weighted by Gasteiger charge is -2.10. The molecule has 0 atom stereocenters. The fourth-order valence-electron chi connectivity index (χ4n) is 2.89. The van der Waals surface area contributed by atoms with Gasteiger partial charge in [-0.05, 0) is 36.9 Å². The third-order valence-corrected chi connectivity index (χ3v) is 4.72. The van der Waals surface area contributed by atoms with Crippen molar-refractivity contribution in [2.75, 3.05) is 19.4 Å². The highest BCUT2D eigenvalue weighted by atomic mass is 32.2. The Balaban J connectivity index is 1.95. The van der Waals surface area contributed by atoms with Crippen LogP contribution in [0.3, 0.4) is 0 Å². The van der Waals surface area contributed by atoms with Crippen molar-refractivity contribution in [3.05, 3.63) is 53.7 Å². The number of nitrogens with zero attached hydrogens (tertiary/aromatic N) is 2. The van der Waals surface area contributed by atoms with Gasteiger partial charge in [0.25, 0.3) is 0 Å². The van der Waals surface area contributed by atoms with Gasteiger partial charge in [0.05, 0.1) is 17.7 Å². The second-order valence-corrected chi connectivity index (χ2v) is 6.71. The van der Waals surface area contributed by atoms with Crippen LogP contribution in [0.25, 0.3) is 16.6 Å². The predicted molar refractivity (Wildman–Crippen MR) is 108 cm³/mol. The van der Waals surface area contributed by atoms with Crippen LogP contribution in [-0.2, 0) is 0 Å². The van der Waals surface area contributed by atoms with E-state index in [0.29, 0.717) is 23.6 Å². The molecule has 0 saturated carbocycles. The molecular weight excluding hydrogens is 378 g/mol. The molecule has 0 aliphatic rings. The highest BCUT2D eigenvalue weighted by molar-refractivity contribution is 7.96. The largest absolute Gasteiger partial charge is 0.507 e. The molecule has 144 valence electrons. The number of nitrogens with one attached hydrogen (secondary N) is 1. The van der Waals surface area contributed by atoms with Gasteiger partial charge in [0.15, 0.2) is 0 Å². The molecule has 3 aromatic rings. The maximum absolute atomic E-state index is 11.1. The van der Waals surface area contributed by atoms with Crippen LogP contribution >= 0.6 is 11.9 Å². The maximum Gasteiger partial charge on any atom is 0.339 e. The molecule has 0 aliphatic carbocycles. The zero-order valence-corrected chi connectivity index (χ0v) is 16.0. The lowest BCUT2D eigenvalue weighted by Crippen LogP contribution is -2.09. The molecule has 0 fully saturated rings. The van der Waals surface area contributed by atoms with E-state index in [9.17, 15) is 15.2 Å². The zero-order chi connectivity index (χ0) is 20.1. The number of ether oxygens (including phenoxy) is 1. The van der Waals surface area contributed by atoms with Gasteiger partial charge in [-0.25, -0.2) is 4.79 Å². The van der Waals surface area contributed by atoms with Gasteiger partial charge < -0.3 is 19.5 Å². The van der Waals surface area contributed by atoms with Gasteiger partial charge >= 0.3 is 5.97 Å². The number of carboxylic acid groups (broad SMARTS) is 1. The van der Waals surface area contributed by atoms with Crippen LogP contribution in [0.4, 0.5) is 0 Å². The summed E-state index contributed by atoms with van der Waals surface area (Å²) in [7, 11) is 0. The molecule has 28 heavy (non-hydrogen) atoms. The fraction of sp³-hybridized carbons (Fsp3) is 0.200. The average molecular weight is 397 g/mol. The third kappa shape index (κ3) is 4.06. The minimum atomic E-state index is -1.20. The lowest BCUT2D eigenvalue weighted by molar-refractivity contribution is 0.0693. The summed E-state index contributed by atoms with van der Waals surface area (Å²) in [5, 5.41) is 29.3. The van der Waals surface area contributed by atoms with E-state index >= 15 is 0 Å². The number of aromatic carboxylic acids is 1. The number of phenols is 1. The number of aromatic hydroxyl groups is 1. The number of aromatic nitrogens is 1. The number of carbonyl (C=O) groups is 1. The molecule has 0 bridgehead atoms. The minimum absolute atomic E-state index is 0.177. The van der Waals surface area contributed by atoms with Crippen LogP contribution in [-0.4, -0.2) is 40.2 Å². The first-order chi connectivity index (χ1) is 13.5. The normalized spacial score (nSPS) is 10.7. The van der Waals surface area contributed by atoms with Gasteiger partial charge in [-0.2, -0.15) is 5.26 Å². The summed E-state index contributed by atoms with van der Waals surface area (Å²) in [5.74, 6) is -0.864.